The van der Waals surface area contributed by atoms with E-state index in [2.05, 4.69) is 22.0 Å². The van der Waals surface area contributed by atoms with Gasteiger partial charge in [0.25, 0.3) is 0 Å². The van der Waals surface area contributed by atoms with Crippen LogP contribution in [0.3, 0.4) is 0 Å². The third kappa shape index (κ3) is 2.78. The monoisotopic (exact) mass is 294 g/mol. The third-order valence-corrected chi connectivity index (χ3v) is 3.62. The highest BCUT2D eigenvalue weighted by atomic mass is 79.9. The highest BCUT2D eigenvalue weighted by Crippen LogP contribution is 2.28. The maximum absolute atomic E-state index is 12.2. The molecule has 0 fully saturated rings. The second-order valence-electron chi connectivity index (χ2n) is 4.15. The molecule has 0 heterocycles. The van der Waals surface area contributed by atoms with E-state index in [4.69, 9.17) is 4.74 Å². The van der Waals surface area contributed by atoms with E-state index in [9.17, 15) is 4.79 Å². The number of benzene rings is 1. The quantitative estimate of drug-likeness (QED) is 0.783. The van der Waals surface area contributed by atoms with Crippen LogP contribution in [0.5, 0.6) is 5.75 Å². The summed E-state index contributed by atoms with van der Waals surface area (Å²) in [7, 11) is 1.62. The van der Waals surface area contributed by atoms with E-state index < -0.39 is 0 Å². The molecule has 0 saturated heterocycles. The van der Waals surface area contributed by atoms with E-state index in [1.165, 1.54) is 6.42 Å². The number of rotatable bonds is 3. The third-order valence-electron chi connectivity index (χ3n) is 3.00. The number of methoxy groups -OCH3 is 1. The Morgan fingerprint density at radius 3 is 2.76 bits per heavy atom. The Bertz CT molecular complexity index is 463. The largest absolute Gasteiger partial charge is 0.496 e. The maximum Gasteiger partial charge on any atom is 0.188 e. The van der Waals surface area contributed by atoms with Gasteiger partial charge in [-0.3, -0.25) is 4.79 Å². The molecule has 90 valence electrons. The van der Waals surface area contributed by atoms with Crippen molar-refractivity contribution in [1.82, 2.24) is 0 Å². The van der Waals surface area contributed by atoms with Crippen molar-refractivity contribution >= 4 is 21.7 Å². The summed E-state index contributed by atoms with van der Waals surface area (Å²) >= 11 is 3.40. The van der Waals surface area contributed by atoms with E-state index in [0.29, 0.717) is 0 Å². The van der Waals surface area contributed by atoms with Gasteiger partial charge in [0.2, 0.25) is 0 Å². The van der Waals surface area contributed by atoms with Gasteiger partial charge < -0.3 is 4.74 Å². The molecule has 0 radical (unpaired) electrons. The number of Topliss-reactive ketones (excluding diaryl/α,β-unsaturated/α-hetero) is 1. The van der Waals surface area contributed by atoms with Crippen LogP contribution in [0.4, 0.5) is 0 Å². The first-order valence-electron chi connectivity index (χ1n) is 5.79. The summed E-state index contributed by atoms with van der Waals surface area (Å²) in [4.78, 5) is 12.2. The predicted molar refractivity (Wildman–Crippen MR) is 71.6 cm³/mol. The van der Waals surface area contributed by atoms with Crippen LogP contribution in [0.25, 0.3) is 0 Å². The summed E-state index contributed by atoms with van der Waals surface area (Å²) in [6.45, 7) is 0. The topological polar surface area (TPSA) is 26.3 Å². The number of halogens is 1. The molecule has 3 heteroatoms. The second kappa shape index (κ2) is 5.50. The molecule has 2 rings (SSSR count). The highest BCUT2D eigenvalue weighted by molar-refractivity contribution is 9.10. The molecule has 0 aliphatic heterocycles. The van der Waals surface area contributed by atoms with E-state index in [1.54, 1.807) is 7.11 Å². The summed E-state index contributed by atoms with van der Waals surface area (Å²) in [6.07, 6.45) is 6.32. The van der Waals surface area contributed by atoms with Crippen molar-refractivity contribution in [1.29, 1.82) is 0 Å². The number of hydrogen-bond acceptors (Lipinski definition) is 2. The number of ketones is 1. The fourth-order valence-corrected chi connectivity index (χ4v) is 2.58. The number of ether oxygens (including phenoxy) is 1. The van der Waals surface area contributed by atoms with Gasteiger partial charge >= 0.3 is 0 Å². The van der Waals surface area contributed by atoms with Crippen LogP contribution >= 0.6 is 15.9 Å². The lowest BCUT2D eigenvalue weighted by Crippen LogP contribution is -2.06. The van der Waals surface area contributed by atoms with Gasteiger partial charge in [-0.15, -0.1) is 0 Å². The molecular formula is C14H15BrO2. The molecule has 0 aromatic heterocycles. The summed E-state index contributed by atoms with van der Waals surface area (Å²) in [5.41, 5.74) is 1.68. The molecule has 0 bridgehead atoms. The Labute approximate surface area is 110 Å². The summed E-state index contributed by atoms with van der Waals surface area (Å²) in [6, 6.07) is 5.47. The molecule has 1 aliphatic carbocycles. The first-order valence-corrected chi connectivity index (χ1v) is 6.59. The summed E-state index contributed by atoms with van der Waals surface area (Å²) in [5, 5.41) is 0. The molecule has 17 heavy (non-hydrogen) atoms. The standard InChI is InChI=1S/C14H15BrO2/c1-17-13-8-7-11(9-12(13)15)14(16)10-5-3-2-4-6-10/h5,7-9H,2-4,6H2,1H3. The van der Waals surface area contributed by atoms with Gasteiger partial charge in [-0.25, -0.2) is 0 Å². The van der Waals surface area contributed by atoms with Crippen molar-refractivity contribution < 1.29 is 9.53 Å². The number of hydrogen-bond donors (Lipinski definition) is 0. The lowest BCUT2D eigenvalue weighted by atomic mass is 9.93. The molecule has 2 nitrogen and oxygen atoms in total. The molecule has 0 unspecified atom stereocenters. The minimum absolute atomic E-state index is 0.146. The van der Waals surface area contributed by atoms with Crippen LogP contribution in [0.2, 0.25) is 0 Å². The average molecular weight is 295 g/mol. The van der Waals surface area contributed by atoms with E-state index in [-0.39, 0.29) is 5.78 Å². The van der Waals surface area contributed by atoms with Crippen molar-refractivity contribution in [2.45, 2.75) is 25.7 Å². The van der Waals surface area contributed by atoms with Gasteiger partial charge in [-0.1, -0.05) is 6.08 Å². The Morgan fingerprint density at radius 2 is 2.18 bits per heavy atom. The van der Waals surface area contributed by atoms with Crippen LogP contribution in [0, 0.1) is 0 Å². The Balaban J connectivity index is 2.25. The smallest absolute Gasteiger partial charge is 0.188 e. The normalized spacial score (nSPS) is 15.3. The van der Waals surface area contributed by atoms with Crippen LogP contribution in [-0.4, -0.2) is 12.9 Å². The van der Waals surface area contributed by atoms with Crippen LogP contribution in [-0.2, 0) is 0 Å². The molecule has 0 N–H and O–H groups in total. The Morgan fingerprint density at radius 1 is 1.35 bits per heavy atom. The number of allylic oxidation sites excluding steroid dienone is 2. The first kappa shape index (κ1) is 12.4. The van der Waals surface area contributed by atoms with Crippen LogP contribution in [0.15, 0.2) is 34.3 Å². The lowest BCUT2D eigenvalue weighted by Gasteiger charge is -2.12. The van der Waals surface area contributed by atoms with Crippen molar-refractivity contribution in [3.8, 4) is 5.75 Å². The zero-order chi connectivity index (χ0) is 12.3. The zero-order valence-electron chi connectivity index (χ0n) is 9.83. The van der Waals surface area contributed by atoms with E-state index in [0.717, 1.165) is 40.6 Å². The number of carbonyl (C=O) groups is 1. The molecule has 0 atom stereocenters. The molecule has 0 spiro atoms. The van der Waals surface area contributed by atoms with Crippen molar-refractivity contribution in [3.63, 3.8) is 0 Å². The van der Waals surface area contributed by atoms with Crippen LogP contribution in [0.1, 0.15) is 36.0 Å². The molecule has 1 aromatic rings. The summed E-state index contributed by atoms with van der Waals surface area (Å²) in [5.74, 6) is 0.896. The van der Waals surface area contributed by atoms with Gasteiger partial charge in [0.1, 0.15) is 5.75 Å². The Hall–Kier alpha value is -1.09. The molecule has 1 aliphatic rings. The zero-order valence-corrected chi connectivity index (χ0v) is 11.4. The van der Waals surface area contributed by atoms with Crippen molar-refractivity contribution in [2.75, 3.05) is 7.11 Å². The van der Waals surface area contributed by atoms with Crippen molar-refractivity contribution in [2.24, 2.45) is 0 Å². The average Bonchev–Trinajstić information content (AvgIpc) is 2.39. The minimum atomic E-state index is 0.146. The van der Waals surface area contributed by atoms with E-state index >= 15 is 0 Å². The van der Waals surface area contributed by atoms with Gasteiger partial charge in [-0.05, 0) is 65.4 Å². The predicted octanol–water partition coefficient (Wildman–Crippen LogP) is 4.14. The number of carbonyl (C=O) groups excluding carboxylic acids is 1. The minimum Gasteiger partial charge on any atom is -0.496 e. The maximum atomic E-state index is 12.2. The van der Waals surface area contributed by atoms with Gasteiger partial charge in [-0.2, -0.15) is 0 Å². The lowest BCUT2D eigenvalue weighted by molar-refractivity contribution is 0.102. The highest BCUT2D eigenvalue weighted by Gasteiger charge is 2.15. The molecule has 0 amide bonds. The van der Waals surface area contributed by atoms with E-state index in [1.807, 2.05) is 18.2 Å². The first-order chi connectivity index (χ1) is 8.22. The van der Waals surface area contributed by atoms with Crippen LogP contribution < -0.4 is 4.74 Å². The van der Waals surface area contributed by atoms with Gasteiger partial charge in [0.05, 0.1) is 11.6 Å². The molecule has 0 saturated carbocycles. The fraction of sp³-hybridized carbons (Fsp3) is 0.357. The summed E-state index contributed by atoms with van der Waals surface area (Å²) < 4.78 is 5.97. The van der Waals surface area contributed by atoms with Gasteiger partial charge in [0, 0.05) is 5.56 Å². The SMILES string of the molecule is COc1ccc(C(=O)C2=CCCCC2)cc1Br. The second-order valence-corrected chi connectivity index (χ2v) is 5.01. The van der Waals surface area contributed by atoms with Crippen molar-refractivity contribution in [3.05, 3.63) is 39.9 Å². The molecule has 1 aromatic carbocycles. The van der Waals surface area contributed by atoms with Gasteiger partial charge in [0.15, 0.2) is 5.78 Å². The molecular weight excluding hydrogens is 280 g/mol. The Kier molecular flexibility index (Phi) is 4.00. The fourth-order valence-electron chi connectivity index (χ4n) is 2.04.